The Morgan fingerprint density at radius 1 is 1.38 bits per heavy atom. The molecule has 3 heteroatoms. The lowest BCUT2D eigenvalue weighted by atomic mass is 9.81. The number of likely N-dealkylation sites (tertiary alicyclic amines) is 1. The molecule has 86 valence electrons. The normalized spacial score (nSPS) is 32.9. The second kappa shape index (κ2) is 2.92. The highest BCUT2D eigenvalue weighted by atomic mass is 16.3. The number of aromatic hydroxyl groups is 1. The molecule has 0 unspecified atom stereocenters. The second-order valence-corrected chi connectivity index (χ2v) is 5.33. The van der Waals surface area contributed by atoms with E-state index in [4.69, 9.17) is 0 Å². The Morgan fingerprint density at radius 2 is 2.12 bits per heavy atom. The van der Waals surface area contributed by atoms with Gasteiger partial charge in [-0.2, -0.15) is 0 Å². The van der Waals surface area contributed by atoms with Crippen molar-refractivity contribution in [2.45, 2.75) is 24.9 Å². The molecular formula is C13H18N2O. The molecule has 0 aliphatic carbocycles. The number of nitrogens with zero attached hydrogens (tertiary/aromatic N) is 2. The highest BCUT2D eigenvalue weighted by molar-refractivity contribution is 5.65. The van der Waals surface area contributed by atoms with Crippen molar-refractivity contribution in [3.63, 3.8) is 0 Å². The van der Waals surface area contributed by atoms with Gasteiger partial charge in [-0.15, -0.1) is 0 Å². The Balaban J connectivity index is 2.20. The Kier molecular flexibility index (Phi) is 1.82. The van der Waals surface area contributed by atoms with Crippen molar-refractivity contribution in [2.24, 2.45) is 0 Å². The van der Waals surface area contributed by atoms with Gasteiger partial charge in [0.25, 0.3) is 0 Å². The van der Waals surface area contributed by atoms with Gasteiger partial charge in [0.2, 0.25) is 0 Å². The number of hydrogen-bond acceptors (Lipinski definition) is 3. The van der Waals surface area contributed by atoms with Crippen molar-refractivity contribution in [1.82, 2.24) is 4.90 Å². The molecule has 2 heterocycles. The molecule has 0 bridgehead atoms. The summed E-state index contributed by atoms with van der Waals surface area (Å²) < 4.78 is 0. The Hall–Kier alpha value is -1.22. The zero-order chi connectivity index (χ0) is 11.5. The van der Waals surface area contributed by atoms with Crippen molar-refractivity contribution < 1.29 is 5.11 Å². The van der Waals surface area contributed by atoms with Crippen LogP contribution in [0.5, 0.6) is 5.75 Å². The van der Waals surface area contributed by atoms with E-state index in [-0.39, 0.29) is 5.41 Å². The minimum atomic E-state index is 0.164. The average Bonchev–Trinajstić information content (AvgIpc) is 2.65. The van der Waals surface area contributed by atoms with E-state index in [2.05, 4.69) is 30.8 Å². The first kappa shape index (κ1) is 9.97. The number of phenols is 1. The molecule has 3 nitrogen and oxygen atoms in total. The van der Waals surface area contributed by atoms with Crippen molar-refractivity contribution >= 4 is 5.69 Å². The molecule has 1 aromatic carbocycles. The van der Waals surface area contributed by atoms with Crippen LogP contribution in [0.3, 0.4) is 0 Å². The summed E-state index contributed by atoms with van der Waals surface area (Å²) in [6, 6.07) is 5.74. The van der Waals surface area contributed by atoms with Crippen LogP contribution in [0.25, 0.3) is 0 Å². The van der Waals surface area contributed by atoms with Crippen LogP contribution >= 0.6 is 0 Å². The Morgan fingerprint density at radius 3 is 2.88 bits per heavy atom. The van der Waals surface area contributed by atoms with Crippen molar-refractivity contribution in [2.75, 3.05) is 25.5 Å². The molecule has 0 aromatic heterocycles. The summed E-state index contributed by atoms with van der Waals surface area (Å²) in [6.07, 6.45) is 1.60. The molecule has 2 aliphatic heterocycles. The molecule has 2 aliphatic rings. The van der Waals surface area contributed by atoms with E-state index < -0.39 is 0 Å². The van der Waals surface area contributed by atoms with Gasteiger partial charge in [0.15, 0.2) is 0 Å². The number of phenolic OH excluding ortho intramolecular Hbond substituents is 1. The lowest BCUT2D eigenvalue weighted by Crippen LogP contribution is -2.45. The molecular weight excluding hydrogens is 200 g/mol. The first-order chi connectivity index (χ1) is 7.54. The molecule has 0 saturated carbocycles. The maximum atomic E-state index is 9.65. The summed E-state index contributed by atoms with van der Waals surface area (Å²) in [4.78, 5) is 4.73. The summed E-state index contributed by atoms with van der Waals surface area (Å²) in [7, 11) is 4.33. The van der Waals surface area contributed by atoms with Crippen molar-refractivity contribution in [1.29, 1.82) is 0 Å². The molecule has 0 radical (unpaired) electrons. The fourth-order valence-electron chi connectivity index (χ4n) is 3.56. The largest absolute Gasteiger partial charge is 0.508 e. The van der Waals surface area contributed by atoms with Crippen LogP contribution in [-0.2, 0) is 5.41 Å². The number of anilines is 1. The molecule has 1 saturated heterocycles. The molecule has 1 fully saturated rings. The molecule has 0 spiro atoms. The summed E-state index contributed by atoms with van der Waals surface area (Å²) in [6.45, 7) is 3.43. The van der Waals surface area contributed by atoms with Gasteiger partial charge in [-0.05, 0) is 37.2 Å². The predicted octanol–water partition coefficient (Wildman–Crippen LogP) is 1.76. The van der Waals surface area contributed by atoms with Crippen LogP contribution in [0.4, 0.5) is 5.69 Å². The molecule has 2 atom stereocenters. The van der Waals surface area contributed by atoms with Crippen LogP contribution in [0.2, 0.25) is 0 Å². The molecule has 0 amide bonds. The SMILES string of the molecule is CN1CC[C@@]2(C)c3cc(O)ccc3N(C)[C@@H]12. The van der Waals surface area contributed by atoms with Gasteiger partial charge < -0.3 is 10.0 Å². The van der Waals surface area contributed by atoms with Gasteiger partial charge in [-0.1, -0.05) is 6.92 Å². The van der Waals surface area contributed by atoms with Gasteiger partial charge in [0.05, 0.1) is 6.17 Å². The molecule has 1 aromatic rings. The number of rotatable bonds is 0. The lowest BCUT2D eigenvalue weighted by molar-refractivity contribution is 0.268. The molecule has 3 rings (SSSR count). The summed E-state index contributed by atoms with van der Waals surface area (Å²) in [5.41, 5.74) is 2.72. The smallest absolute Gasteiger partial charge is 0.116 e. The Labute approximate surface area is 96.3 Å². The third kappa shape index (κ3) is 1.02. The molecule has 1 N–H and O–H groups in total. The van der Waals surface area contributed by atoms with Crippen LogP contribution < -0.4 is 4.90 Å². The third-order valence-electron chi connectivity index (χ3n) is 4.31. The first-order valence-electron chi connectivity index (χ1n) is 5.80. The fourth-order valence-corrected chi connectivity index (χ4v) is 3.56. The average molecular weight is 218 g/mol. The fraction of sp³-hybridized carbons (Fsp3) is 0.538. The highest BCUT2D eigenvalue weighted by Crippen LogP contribution is 2.51. The zero-order valence-corrected chi connectivity index (χ0v) is 10.1. The quantitative estimate of drug-likeness (QED) is 0.719. The maximum Gasteiger partial charge on any atom is 0.116 e. The lowest BCUT2D eigenvalue weighted by Gasteiger charge is -2.32. The van der Waals surface area contributed by atoms with E-state index >= 15 is 0 Å². The second-order valence-electron chi connectivity index (χ2n) is 5.33. The third-order valence-corrected chi connectivity index (χ3v) is 4.31. The summed E-state index contributed by atoms with van der Waals surface area (Å²) in [5.74, 6) is 0.378. The minimum absolute atomic E-state index is 0.164. The van der Waals surface area contributed by atoms with Crippen LogP contribution in [0, 0.1) is 0 Å². The van der Waals surface area contributed by atoms with Gasteiger partial charge >= 0.3 is 0 Å². The first-order valence-corrected chi connectivity index (χ1v) is 5.80. The topological polar surface area (TPSA) is 26.7 Å². The Bertz CT molecular complexity index is 446. The standard InChI is InChI=1S/C13H18N2O/c1-13-6-7-14(2)12(13)15(3)11-5-4-9(16)8-10(11)13/h4-5,8,12,16H,6-7H2,1-3H3/t12-,13+/m1/s1. The van der Waals surface area contributed by atoms with Crippen LogP contribution in [-0.4, -0.2) is 36.8 Å². The monoisotopic (exact) mass is 218 g/mol. The van der Waals surface area contributed by atoms with Gasteiger partial charge in [0, 0.05) is 24.7 Å². The number of likely N-dealkylation sites (N-methyl/N-ethyl adjacent to an activating group) is 2. The van der Waals surface area contributed by atoms with Crippen LogP contribution in [0.1, 0.15) is 18.9 Å². The van der Waals surface area contributed by atoms with E-state index in [1.807, 2.05) is 12.1 Å². The summed E-state index contributed by atoms with van der Waals surface area (Å²) >= 11 is 0. The maximum absolute atomic E-state index is 9.65. The van der Waals surface area contributed by atoms with Crippen molar-refractivity contribution in [3.05, 3.63) is 23.8 Å². The van der Waals surface area contributed by atoms with E-state index in [1.165, 1.54) is 11.3 Å². The number of hydrogen-bond donors (Lipinski definition) is 1. The number of fused-ring (bicyclic) bond motifs is 3. The highest BCUT2D eigenvalue weighted by Gasteiger charge is 2.52. The zero-order valence-electron chi connectivity index (χ0n) is 10.1. The van der Waals surface area contributed by atoms with E-state index in [1.54, 1.807) is 6.07 Å². The van der Waals surface area contributed by atoms with Gasteiger partial charge in [-0.3, -0.25) is 4.90 Å². The number of benzene rings is 1. The van der Waals surface area contributed by atoms with Crippen molar-refractivity contribution in [3.8, 4) is 5.75 Å². The van der Waals surface area contributed by atoms with E-state index in [0.717, 1.165) is 13.0 Å². The minimum Gasteiger partial charge on any atom is -0.508 e. The van der Waals surface area contributed by atoms with Gasteiger partial charge in [-0.25, -0.2) is 0 Å². The van der Waals surface area contributed by atoms with Crippen LogP contribution in [0.15, 0.2) is 18.2 Å². The van der Waals surface area contributed by atoms with E-state index in [0.29, 0.717) is 11.9 Å². The van der Waals surface area contributed by atoms with Gasteiger partial charge in [0.1, 0.15) is 5.75 Å². The van der Waals surface area contributed by atoms with E-state index in [9.17, 15) is 5.11 Å². The summed E-state index contributed by atoms with van der Waals surface area (Å²) in [5, 5.41) is 9.65. The predicted molar refractivity (Wildman–Crippen MR) is 64.9 cm³/mol. The molecule has 16 heavy (non-hydrogen) atoms.